The van der Waals surface area contributed by atoms with Crippen LogP contribution >= 0.6 is 15.9 Å². The summed E-state index contributed by atoms with van der Waals surface area (Å²) >= 11 is 3.30. The van der Waals surface area contributed by atoms with Crippen LogP contribution in [0.3, 0.4) is 0 Å². The van der Waals surface area contributed by atoms with Gasteiger partial charge in [0.05, 0.1) is 22.7 Å². The van der Waals surface area contributed by atoms with E-state index >= 15 is 0 Å². The minimum atomic E-state index is -0.447. The molecule has 104 valence electrons. The average molecular weight is 335 g/mol. The predicted octanol–water partition coefficient (Wildman–Crippen LogP) is 2.49. The normalized spacial score (nSPS) is 11.9. The number of nitrogen functional groups attached to an aromatic ring is 1. The third-order valence-electron chi connectivity index (χ3n) is 2.96. The highest BCUT2D eigenvalue weighted by Crippen LogP contribution is 2.24. The van der Waals surface area contributed by atoms with Gasteiger partial charge in [0.25, 0.3) is 5.91 Å². The molecule has 0 unspecified atom stereocenters. The van der Waals surface area contributed by atoms with Crippen molar-refractivity contribution in [2.75, 3.05) is 12.3 Å². The molecule has 1 atom stereocenters. The maximum absolute atomic E-state index is 12.3. The summed E-state index contributed by atoms with van der Waals surface area (Å²) in [6.45, 7) is -0.171. The lowest BCUT2D eigenvalue weighted by Crippen LogP contribution is -2.31. The van der Waals surface area contributed by atoms with E-state index in [-0.39, 0.29) is 12.5 Å². The Kier molecular flexibility index (Phi) is 4.76. The minimum absolute atomic E-state index is 0.171. The number of nitrogens with two attached hydrogens (primary N) is 1. The van der Waals surface area contributed by atoms with Crippen molar-refractivity contribution in [3.63, 3.8) is 0 Å². The molecule has 2 aromatic rings. The third-order valence-corrected chi connectivity index (χ3v) is 3.85. The monoisotopic (exact) mass is 334 g/mol. The summed E-state index contributed by atoms with van der Waals surface area (Å²) in [5.41, 5.74) is 7.55. The molecule has 0 heterocycles. The molecule has 4 N–H and O–H groups in total. The lowest BCUT2D eigenvalue weighted by molar-refractivity contribution is 0.0915. The average Bonchev–Trinajstić information content (AvgIpc) is 2.48. The number of nitrogens with one attached hydrogen (secondary N) is 1. The molecule has 2 aromatic carbocycles. The van der Waals surface area contributed by atoms with Crippen molar-refractivity contribution in [2.45, 2.75) is 6.04 Å². The van der Waals surface area contributed by atoms with E-state index in [4.69, 9.17) is 5.73 Å². The number of carbonyl (C=O) groups excluding carboxylic acids is 1. The predicted molar refractivity (Wildman–Crippen MR) is 82.3 cm³/mol. The van der Waals surface area contributed by atoms with E-state index in [1.54, 1.807) is 18.2 Å². The zero-order chi connectivity index (χ0) is 14.5. The van der Waals surface area contributed by atoms with Gasteiger partial charge in [0, 0.05) is 5.69 Å². The zero-order valence-corrected chi connectivity index (χ0v) is 12.3. The number of carbonyl (C=O) groups is 1. The SMILES string of the molecule is Nc1cccc(C(=O)N[C@@H](CO)c2ccccc2)c1Br. The second-order valence-corrected chi connectivity index (χ2v) is 5.12. The number of hydrogen-bond acceptors (Lipinski definition) is 3. The molecule has 0 aliphatic rings. The van der Waals surface area contributed by atoms with Crippen molar-refractivity contribution in [3.8, 4) is 0 Å². The number of anilines is 1. The van der Waals surface area contributed by atoms with E-state index in [2.05, 4.69) is 21.2 Å². The molecule has 0 aliphatic carbocycles. The first-order valence-corrected chi connectivity index (χ1v) is 6.93. The van der Waals surface area contributed by atoms with E-state index in [1.807, 2.05) is 30.3 Å². The molecule has 0 radical (unpaired) electrons. The molecule has 0 aliphatic heterocycles. The van der Waals surface area contributed by atoms with E-state index < -0.39 is 6.04 Å². The molecule has 0 aromatic heterocycles. The smallest absolute Gasteiger partial charge is 0.253 e. The van der Waals surface area contributed by atoms with E-state index in [9.17, 15) is 9.90 Å². The first-order chi connectivity index (χ1) is 9.63. The number of hydrogen-bond donors (Lipinski definition) is 3. The van der Waals surface area contributed by atoms with Crippen LogP contribution in [0, 0.1) is 0 Å². The molecule has 0 bridgehead atoms. The van der Waals surface area contributed by atoms with Crippen LogP contribution in [0.15, 0.2) is 53.0 Å². The number of benzene rings is 2. The first kappa shape index (κ1) is 14.6. The Hall–Kier alpha value is -1.85. The van der Waals surface area contributed by atoms with Gasteiger partial charge in [-0.25, -0.2) is 0 Å². The van der Waals surface area contributed by atoms with Gasteiger partial charge in [-0.3, -0.25) is 4.79 Å². The standard InChI is InChI=1S/C15H15BrN2O2/c16-14-11(7-4-8-12(14)17)15(20)18-13(9-19)10-5-2-1-3-6-10/h1-8,13,19H,9,17H2,(H,18,20)/t13-/m0/s1. The topological polar surface area (TPSA) is 75.4 Å². The molecule has 4 nitrogen and oxygen atoms in total. The van der Waals surface area contributed by atoms with E-state index in [1.165, 1.54) is 0 Å². The van der Waals surface area contributed by atoms with Gasteiger partial charge in [0.2, 0.25) is 0 Å². The van der Waals surface area contributed by atoms with Crippen molar-refractivity contribution in [2.24, 2.45) is 0 Å². The molecule has 0 saturated carbocycles. The van der Waals surface area contributed by atoms with Gasteiger partial charge in [-0.05, 0) is 33.6 Å². The number of aliphatic hydroxyl groups is 1. The fraction of sp³-hybridized carbons (Fsp3) is 0.133. The molecule has 0 saturated heterocycles. The lowest BCUT2D eigenvalue weighted by atomic mass is 10.1. The van der Waals surface area contributed by atoms with Crippen molar-refractivity contribution in [1.29, 1.82) is 0 Å². The fourth-order valence-corrected chi connectivity index (χ4v) is 2.33. The maximum atomic E-state index is 12.3. The molecule has 20 heavy (non-hydrogen) atoms. The van der Waals surface area contributed by atoms with Crippen molar-refractivity contribution in [1.82, 2.24) is 5.32 Å². The van der Waals surface area contributed by atoms with Crippen LogP contribution in [-0.4, -0.2) is 17.6 Å². The van der Waals surface area contributed by atoms with Crippen LogP contribution < -0.4 is 11.1 Å². The second kappa shape index (κ2) is 6.54. The van der Waals surface area contributed by atoms with Crippen molar-refractivity contribution in [3.05, 3.63) is 64.1 Å². The molecule has 0 spiro atoms. The molecule has 1 amide bonds. The first-order valence-electron chi connectivity index (χ1n) is 6.14. The van der Waals surface area contributed by atoms with Crippen LogP contribution in [0.4, 0.5) is 5.69 Å². The van der Waals surface area contributed by atoms with E-state index in [0.717, 1.165) is 5.56 Å². The van der Waals surface area contributed by atoms with Gasteiger partial charge in [0.15, 0.2) is 0 Å². The fourth-order valence-electron chi connectivity index (χ4n) is 1.88. The highest BCUT2D eigenvalue weighted by atomic mass is 79.9. The molecule has 2 rings (SSSR count). The Labute approximate surface area is 125 Å². The zero-order valence-electron chi connectivity index (χ0n) is 10.7. The summed E-state index contributed by atoms with van der Waals surface area (Å²) in [5.74, 6) is -0.285. The molecular weight excluding hydrogens is 320 g/mol. The highest BCUT2D eigenvalue weighted by molar-refractivity contribution is 9.10. The minimum Gasteiger partial charge on any atom is -0.398 e. The van der Waals surface area contributed by atoms with Gasteiger partial charge in [-0.15, -0.1) is 0 Å². The Morgan fingerprint density at radius 2 is 1.90 bits per heavy atom. The Balaban J connectivity index is 2.20. The van der Waals surface area contributed by atoms with Crippen LogP contribution in [0.5, 0.6) is 0 Å². The summed E-state index contributed by atoms with van der Waals surface area (Å²) in [5, 5.41) is 12.2. The van der Waals surface area contributed by atoms with Gasteiger partial charge in [-0.1, -0.05) is 36.4 Å². The number of rotatable bonds is 4. The van der Waals surface area contributed by atoms with Crippen LogP contribution in [-0.2, 0) is 0 Å². The van der Waals surface area contributed by atoms with Crippen LogP contribution in [0.1, 0.15) is 22.0 Å². The summed E-state index contributed by atoms with van der Waals surface area (Å²) in [4.78, 5) is 12.3. The number of amides is 1. The van der Waals surface area contributed by atoms with Gasteiger partial charge >= 0.3 is 0 Å². The maximum Gasteiger partial charge on any atom is 0.253 e. The summed E-state index contributed by atoms with van der Waals surface area (Å²) in [7, 11) is 0. The number of aliphatic hydroxyl groups excluding tert-OH is 1. The summed E-state index contributed by atoms with van der Waals surface area (Å²) < 4.78 is 0.558. The molecular formula is C15H15BrN2O2. The highest BCUT2D eigenvalue weighted by Gasteiger charge is 2.17. The van der Waals surface area contributed by atoms with Crippen LogP contribution in [0.2, 0.25) is 0 Å². The van der Waals surface area contributed by atoms with Crippen LogP contribution in [0.25, 0.3) is 0 Å². The Bertz CT molecular complexity index is 602. The van der Waals surface area contributed by atoms with Gasteiger partial charge in [0.1, 0.15) is 0 Å². The molecule has 5 heteroatoms. The number of halogens is 1. The van der Waals surface area contributed by atoms with Crippen molar-refractivity contribution < 1.29 is 9.90 Å². The second-order valence-electron chi connectivity index (χ2n) is 4.33. The van der Waals surface area contributed by atoms with Gasteiger partial charge in [-0.2, -0.15) is 0 Å². The largest absolute Gasteiger partial charge is 0.398 e. The third kappa shape index (κ3) is 3.18. The Morgan fingerprint density at radius 3 is 2.55 bits per heavy atom. The quantitative estimate of drug-likeness (QED) is 0.752. The lowest BCUT2D eigenvalue weighted by Gasteiger charge is -2.17. The van der Waals surface area contributed by atoms with Crippen molar-refractivity contribution >= 4 is 27.5 Å². The summed E-state index contributed by atoms with van der Waals surface area (Å²) in [6.07, 6.45) is 0. The van der Waals surface area contributed by atoms with Gasteiger partial charge < -0.3 is 16.2 Å². The summed E-state index contributed by atoms with van der Waals surface area (Å²) in [6, 6.07) is 14.0. The molecule has 0 fully saturated rings. The van der Waals surface area contributed by atoms with E-state index in [0.29, 0.717) is 15.7 Å². The Morgan fingerprint density at radius 1 is 1.20 bits per heavy atom.